The molecule has 0 heterocycles. The van der Waals surface area contributed by atoms with E-state index in [0.717, 1.165) is 0 Å². The highest BCUT2D eigenvalue weighted by Gasteiger charge is 2.69. The summed E-state index contributed by atoms with van der Waals surface area (Å²) >= 11 is 0. The van der Waals surface area contributed by atoms with Crippen LogP contribution < -0.4 is 0 Å². The maximum atomic E-state index is 10.9. The molecular weight excluding hydrogens is 188 g/mol. The van der Waals surface area contributed by atoms with Gasteiger partial charge in [-0.1, -0.05) is 6.92 Å². The molecule has 0 amide bonds. The number of hydrogen-bond acceptors (Lipinski definition) is 4. The Labute approximate surface area is 81.6 Å². The molecule has 1 aliphatic carbocycles. The third-order valence-corrected chi connectivity index (χ3v) is 3.46. The van der Waals surface area contributed by atoms with E-state index in [0.29, 0.717) is 0 Å². The molecule has 0 unspecified atom stereocenters. The van der Waals surface area contributed by atoms with Gasteiger partial charge in [-0.15, -0.1) is 0 Å². The lowest BCUT2D eigenvalue weighted by Crippen LogP contribution is -2.55. The van der Waals surface area contributed by atoms with Gasteiger partial charge in [0.2, 0.25) is 0 Å². The molecule has 0 spiro atoms. The van der Waals surface area contributed by atoms with Crippen molar-refractivity contribution in [2.24, 2.45) is 5.92 Å². The van der Waals surface area contributed by atoms with Gasteiger partial charge in [-0.3, -0.25) is 20.2 Å². The molecule has 6 heteroatoms. The number of rotatable bonds is 2. The van der Waals surface area contributed by atoms with Crippen molar-refractivity contribution in [2.75, 3.05) is 0 Å². The van der Waals surface area contributed by atoms with Crippen LogP contribution in [0.25, 0.3) is 0 Å². The molecule has 0 bridgehead atoms. The van der Waals surface area contributed by atoms with E-state index in [9.17, 15) is 20.2 Å². The maximum Gasteiger partial charge on any atom is 0.287 e. The molecule has 0 aliphatic heterocycles. The van der Waals surface area contributed by atoms with Gasteiger partial charge >= 0.3 is 0 Å². The van der Waals surface area contributed by atoms with Crippen molar-refractivity contribution in [1.82, 2.24) is 0 Å². The van der Waals surface area contributed by atoms with Crippen LogP contribution in [0.2, 0.25) is 0 Å². The SMILES string of the molecule is CC1C[C@@](C)([N+](=O)[O-])[C@](C)([N+](=O)[O-])C1. The van der Waals surface area contributed by atoms with Crippen LogP contribution in [0.15, 0.2) is 0 Å². The highest BCUT2D eigenvalue weighted by molar-refractivity contribution is 5.02. The van der Waals surface area contributed by atoms with Crippen LogP contribution in [0, 0.1) is 26.1 Å². The third-order valence-electron chi connectivity index (χ3n) is 3.46. The second-order valence-electron chi connectivity index (χ2n) is 4.58. The maximum absolute atomic E-state index is 10.9. The van der Waals surface area contributed by atoms with E-state index in [1.165, 1.54) is 13.8 Å². The fraction of sp³-hybridized carbons (Fsp3) is 1.00. The quantitative estimate of drug-likeness (QED) is 0.501. The summed E-state index contributed by atoms with van der Waals surface area (Å²) in [5.41, 5.74) is -2.87. The molecule has 0 aromatic rings. The lowest BCUT2D eigenvalue weighted by molar-refractivity contribution is -0.673. The van der Waals surface area contributed by atoms with Gasteiger partial charge in [0.1, 0.15) is 0 Å². The van der Waals surface area contributed by atoms with Crippen molar-refractivity contribution < 1.29 is 9.85 Å². The molecule has 1 aliphatic rings. The summed E-state index contributed by atoms with van der Waals surface area (Å²) in [7, 11) is 0. The van der Waals surface area contributed by atoms with E-state index in [-0.39, 0.29) is 18.8 Å². The second-order valence-corrected chi connectivity index (χ2v) is 4.58. The number of nitrogens with zero attached hydrogens (tertiary/aromatic N) is 2. The summed E-state index contributed by atoms with van der Waals surface area (Å²) in [6.45, 7) is 4.56. The molecule has 1 saturated carbocycles. The molecule has 0 aromatic heterocycles. The van der Waals surface area contributed by atoms with E-state index >= 15 is 0 Å². The molecule has 0 aromatic carbocycles. The molecule has 14 heavy (non-hydrogen) atoms. The summed E-state index contributed by atoms with van der Waals surface area (Å²) in [4.78, 5) is 20.8. The van der Waals surface area contributed by atoms with E-state index in [4.69, 9.17) is 0 Å². The fourth-order valence-electron chi connectivity index (χ4n) is 2.41. The highest BCUT2D eigenvalue weighted by atomic mass is 16.6. The predicted octanol–water partition coefficient (Wildman–Crippen LogP) is 1.49. The zero-order valence-electron chi connectivity index (χ0n) is 8.52. The molecule has 1 fully saturated rings. The molecule has 6 nitrogen and oxygen atoms in total. The zero-order valence-corrected chi connectivity index (χ0v) is 8.52. The largest absolute Gasteiger partial charge is 0.287 e. The molecule has 2 atom stereocenters. The Kier molecular flexibility index (Phi) is 2.25. The molecular formula is C8H14N2O4. The first-order chi connectivity index (χ1) is 6.24. The van der Waals surface area contributed by atoms with Gasteiger partial charge < -0.3 is 0 Å². The van der Waals surface area contributed by atoms with Crippen molar-refractivity contribution in [2.45, 2.75) is 44.7 Å². The van der Waals surface area contributed by atoms with Crippen molar-refractivity contribution in [1.29, 1.82) is 0 Å². The summed E-state index contributed by atoms with van der Waals surface area (Å²) in [6, 6.07) is 0. The van der Waals surface area contributed by atoms with Crippen molar-refractivity contribution >= 4 is 0 Å². The van der Waals surface area contributed by atoms with E-state index in [1.807, 2.05) is 6.92 Å². The first kappa shape index (κ1) is 10.9. The minimum Gasteiger partial charge on any atom is -0.264 e. The summed E-state index contributed by atoms with van der Waals surface area (Å²) in [6.07, 6.45) is 0.551. The van der Waals surface area contributed by atoms with E-state index in [1.54, 1.807) is 0 Å². The molecule has 0 saturated heterocycles. The van der Waals surface area contributed by atoms with Crippen molar-refractivity contribution in [3.63, 3.8) is 0 Å². The van der Waals surface area contributed by atoms with Gasteiger partial charge in [0.15, 0.2) is 0 Å². The Balaban J connectivity index is 3.17. The van der Waals surface area contributed by atoms with Crippen molar-refractivity contribution in [3.05, 3.63) is 20.2 Å². The average molecular weight is 202 g/mol. The van der Waals surface area contributed by atoms with Crippen LogP contribution in [0.3, 0.4) is 0 Å². The van der Waals surface area contributed by atoms with Crippen LogP contribution >= 0.6 is 0 Å². The summed E-state index contributed by atoms with van der Waals surface area (Å²) < 4.78 is 0. The van der Waals surface area contributed by atoms with Crippen LogP contribution in [-0.4, -0.2) is 20.9 Å². The highest BCUT2D eigenvalue weighted by Crippen LogP contribution is 2.46. The Hall–Kier alpha value is -1.20. The normalized spacial score (nSPS) is 38.5. The lowest BCUT2D eigenvalue weighted by Gasteiger charge is -2.25. The smallest absolute Gasteiger partial charge is 0.264 e. The van der Waals surface area contributed by atoms with E-state index in [2.05, 4.69) is 0 Å². The fourth-order valence-corrected chi connectivity index (χ4v) is 2.41. The molecule has 0 radical (unpaired) electrons. The molecule has 1 rings (SSSR count). The van der Waals surface area contributed by atoms with Gasteiger partial charge in [-0.05, 0) is 5.92 Å². The average Bonchev–Trinajstić information content (AvgIpc) is 2.24. The predicted molar refractivity (Wildman–Crippen MR) is 49.2 cm³/mol. The van der Waals surface area contributed by atoms with E-state index < -0.39 is 20.9 Å². The van der Waals surface area contributed by atoms with Crippen LogP contribution in [0.1, 0.15) is 33.6 Å². The van der Waals surface area contributed by atoms with Gasteiger partial charge in [0.25, 0.3) is 11.1 Å². The first-order valence-electron chi connectivity index (χ1n) is 4.53. The first-order valence-corrected chi connectivity index (χ1v) is 4.53. The van der Waals surface area contributed by atoms with Crippen LogP contribution in [0.5, 0.6) is 0 Å². The molecule has 80 valence electrons. The standard InChI is InChI=1S/C8H14N2O4/c1-6-4-7(2,9(11)12)8(3,5-6)10(13)14/h6H,4-5H2,1-3H3/t7-,8-/m1/s1. The Bertz CT molecular complexity index is 265. The minimum absolute atomic E-state index is 0.0285. The van der Waals surface area contributed by atoms with Gasteiger partial charge in [-0.25, -0.2) is 0 Å². The Morgan fingerprint density at radius 1 is 1.07 bits per heavy atom. The molecule has 0 N–H and O–H groups in total. The number of hydrogen-bond donors (Lipinski definition) is 0. The zero-order chi connectivity index (χ0) is 11.1. The van der Waals surface area contributed by atoms with Gasteiger partial charge in [-0.2, -0.15) is 0 Å². The number of nitro groups is 2. The topological polar surface area (TPSA) is 86.3 Å². The Morgan fingerprint density at radius 2 is 1.36 bits per heavy atom. The van der Waals surface area contributed by atoms with Gasteiger partial charge in [0.05, 0.1) is 0 Å². The minimum atomic E-state index is -1.43. The Morgan fingerprint density at radius 3 is 1.57 bits per heavy atom. The van der Waals surface area contributed by atoms with Gasteiger partial charge in [0, 0.05) is 36.5 Å². The second kappa shape index (κ2) is 2.90. The lowest BCUT2D eigenvalue weighted by atomic mass is 9.84. The third kappa shape index (κ3) is 1.17. The van der Waals surface area contributed by atoms with Crippen LogP contribution in [-0.2, 0) is 0 Å². The summed E-state index contributed by atoms with van der Waals surface area (Å²) in [5, 5.41) is 21.8. The monoisotopic (exact) mass is 202 g/mol. The summed E-state index contributed by atoms with van der Waals surface area (Å²) in [5.74, 6) is 0.0285. The van der Waals surface area contributed by atoms with Crippen molar-refractivity contribution in [3.8, 4) is 0 Å². The van der Waals surface area contributed by atoms with Crippen LogP contribution in [0.4, 0.5) is 0 Å².